The van der Waals surface area contributed by atoms with E-state index in [1.54, 1.807) is 31.4 Å². The molecule has 1 rings (SSSR count). The maximum absolute atomic E-state index is 12.2. The van der Waals surface area contributed by atoms with Crippen LogP contribution in [0.1, 0.15) is 30.1 Å². The average molecular weight is 265 g/mol. The molecule has 1 atom stereocenters. The van der Waals surface area contributed by atoms with Gasteiger partial charge in [-0.3, -0.25) is 9.59 Å². The Kier molecular flexibility index (Phi) is 6.02. The lowest BCUT2D eigenvalue weighted by Crippen LogP contribution is -2.39. The molecule has 104 valence electrons. The van der Waals surface area contributed by atoms with Crippen LogP contribution in [0.25, 0.3) is 0 Å². The summed E-state index contributed by atoms with van der Waals surface area (Å²) in [5.41, 5.74) is 0.482. The molecular formula is C14H19NO4. The van der Waals surface area contributed by atoms with Gasteiger partial charge in [-0.25, -0.2) is 0 Å². The second kappa shape index (κ2) is 7.53. The fourth-order valence-corrected chi connectivity index (χ4v) is 1.71. The standard InChI is InChI=1S/C14H19NO4/c1-3-8-15-12(9-13(16)17)14(18)10-4-6-11(19-2)7-5-10/h4-7,12,15H,3,8-9H2,1-2H3,(H,16,17). The number of rotatable bonds is 8. The van der Waals surface area contributed by atoms with E-state index in [9.17, 15) is 9.59 Å². The first kappa shape index (κ1) is 15.2. The molecule has 0 saturated heterocycles. The minimum atomic E-state index is -0.990. The van der Waals surface area contributed by atoms with E-state index in [0.29, 0.717) is 17.9 Å². The predicted octanol–water partition coefficient (Wildman–Crippen LogP) is 1.72. The Balaban J connectivity index is 2.81. The van der Waals surface area contributed by atoms with Crippen LogP contribution < -0.4 is 10.1 Å². The van der Waals surface area contributed by atoms with Gasteiger partial charge in [-0.1, -0.05) is 6.92 Å². The Labute approximate surface area is 112 Å². The molecule has 0 radical (unpaired) electrons. The first-order chi connectivity index (χ1) is 9.08. The number of aliphatic carboxylic acids is 1. The van der Waals surface area contributed by atoms with Gasteiger partial charge in [-0.05, 0) is 37.2 Å². The quantitative estimate of drug-likeness (QED) is 0.700. The number of carboxylic acids is 1. The highest BCUT2D eigenvalue weighted by molar-refractivity contribution is 6.01. The average Bonchev–Trinajstić information content (AvgIpc) is 2.42. The van der Waals surface area contributed by atoms with Crippen molar-refractivity contribution in [1.29, 1.82) is 0 Å². The Hall–Kier alpha value is -1.88. The Bertz CT molecular complexity index is 428. The van der Waals surface area contributed by atoms with Crippen LogP contribution in [0, 0.1) is 0 Å². The zero-order valence-corrected chi connectivity index (χ0v) is 11.2. The van der Waals surface area contributed by atoms with Crippen LogP contribution in [-0.4, -0.2) is 36.6 Å². The van der Waals surface area contributed by atoms with E-state index >= 15 is 0 Å². The lowest BCUT2D eigenvalue weighted by molar-refractivity contribution is -0.137. The molecule has 0 saturated carbocycles. The van der Waals surface area contributed by atoms with Crippen LogP contribution in [-0.2, 0) is 4.79 Å². The van der Waals surface area contributed by atoms with E-state index in [1.165, 1.54) is 0 Å². The Morgan fingerprint density at radius 2 is 1.95 bits per heavy atom. The molecule has 1 aromatic carbocycles. The fourth-order valence-electron chi connectivity index (χ4n) is 1.71. The summed E-state index contributed by atoms with van der Waals surface area (Å²) in [6, 6.07) is 5.97. The molecule has 0 aromatic heterocycles. The summed E-state index contributed by atoms with van der Waals surface area (Å²) in [4.78, 5) is 23.0. The van der Waals surface area contributed by atoms with Crippen molar-refractivity contribution >= 4 is 11.8 Å². The number of methoxy groups -OCH3 is 1. The van der Waals surface area contributed by atoms with E-state index in [2.05, 4.69) is 5.32 Å². The number of carboxylic acid groups (broad SMARTS) is 1. The summed E-state index contributed by atoms with van der Waals surface area (Å²) in [6.07, 6.45) is 0.622. The second-order valence-corrected chi connectivity index (χ2v) is 4.20. The number of hydrogen-bond acceptors (Lipinski definition) is 4. The van der Waals surface area contributed by atoms with Gasteiger partial charge in [0.25, 0.3) is 0 Å². The SMILES string of the molecule is CCCNC(CC(=O)O)C(=O)c1ccc(OC)cc1. The molecule has 2 N–H and O–H groups in total. The molecule has 1 unspecified atom stereocenters. The van der Waals surface area contributed by atoms with Gasteiger partial charge in [0.05, 0.1) is 19.6 Å². The van der Waals surface area contributed by atoms with E-state index in [1.807, 2.05) is 6.92 Å². The van der Waals surface area contributed by atoms with Gasteiger partial charge in [0.15, 0.2) is 5.78 Å². The molecule has 0 heterocycles. The molecular weight excluding hydrogens is 246 g/mol. The molecule has 1 aromatic rings. The fraction of sp³-hybridized carbons (Fsp3) is 0.429. The number of ether oxygens (including phenoxy) is 1. The van der Waals surface area contributed by atoms with Gasteiger partial charge in [0, 0.05) is 5.56 Å². The monoisotopic (exact) mass is 265 g/mol. The van der Waals surface area contributed by atoms with Crippen molar-refractivity contribution in [3.05, 3.63) is 29.8 Å². The number of carbonyl (C=O) groups excluding carboxylic acids is 1. The highest BCUT2D eigenvalue weighted by Gasteiger charge is 2.22. The summed E-state index contributed by atoms with van der Waals surface area (Å²) in [5.74, 6) is -0.540. The molecule has 0 bridgehead atoms. The van der Waals surface area contributed by atoms with Crippen molar-refractivity contribution in [1.82, 2.24) is 5.32 Å². The number of carbonyl (C=O) groups is 2. The third-order valence-corrected chi connectivity index (χ3v) is 2.71. The maximum Gasteiger partial charge on any atom is 0.305 e. The van der Waals surface area contributed by atoms with Crippen molar-refractivity contribution in [3.8, 4) is 5.75 Å². The normalized spacial score (nSPS) is 11.9. The van der Waals surface area contributed by atoms with Gasteiger partial charge in [-0.15, -0.1) is 0 Å². The summed E-state index contributed by atoms with van der Waals surface area (Å²) >= 11 is 0. The minimum absolute atomic E-state index is 0.210. The van der Waals surface area contributed by atoms with Crippen molar-refractivity contribution in [2.45, 2.75) is 25.8 Å². The Morgan fingerprint density at radius 3 is 2.42 bits per heavy atom. The highest BCUT2D eigenvalue weighted by atomic mass is 16.5. The third-order valence-electron chi connectivity index (χ3n) is 2.71. The van der Waals surface area contributed by atoms with Gasteiger partial charge in [-0.2, -0.15) is 0 Å². The van der Waals surface area contributed by atoms with Crippen LogP contribution in [0.2, 0.25) is 0 Å². The number of ketones is 1. The van der Waals surface area contributed by atoms with Crippen LogP contribution in [0.3, 0.4) is 0 Å². The van der Waals surface area contributed by atoms with E-state index in [4.69, 9.17) is 9.84 Å². The summed E-state index contributed by atoms with van der Waals surface area (Å²) in [7, 11) is 1.55. The number of nitrogens with one attached hydrogen (secondary N) is 1. The molecule has 19 heavy (non-hydrogen) atoms. The Morgan fingerprint density at radius 1 is 1.32 bits per heavy atom. The van der Waals surface area contributed by atoms with E-state index < -0.39 is 12.0 Å². The number of hydrogen-bond donors (Lipinski definition) is 2. The minimum Gasteiger partial charge on any atom is -0.497 e. The maximum atomic E-state index is 12.2. The smallest absolute Gasteiger partial charge is 0.305 e. The first-order valence-corrected chi connectivity index (χ1v) is 6.22. The van der Waals surface area contributed by atoms with Crippen LogP contribution in [0.4, 0.5) is 0 Å². The first-order valence-electron chi connectivity index (χ1n) is 6.22. The van der Waals surface area contributed by atoms with Gasteiger partial charge >= 0.3 is 5.97 Å². The molecule has 5 nitrogen and oxygen atoms in total. The van der Waals surface area contributed by atoms with E-state index in [-0.39, 0.29) is 12.2 Å². The summed E-state index contributed by atoms with van der Waals surface area (Å²) < 4.78 is 5.02. The topological polar surface area (TPSA) is 75.6 Å². The molecule has 0 amide bonds. The largest absolute Gasteiger partial charge is 0.497 e. The van der Waals surface area contributed by atoms with Gasteiger partial charge < -0.3 is 15.2 Å². The number of Topliss-reactive ketones (excluding diaryl/α,β-unsaturated/α-hetero) is 1. The molecule has 0 aliphatic carbocycles. The van der Waals surface area contributed by atoms with Crippen LogP contribution >= 0.6 is 0 Å². The third kappa shape index (κ3) is 4.71. The molecule has 0 aliphatic heterocycles. The highest BCUT2D eigenvalue weighted by Crippen LogP contribution is 2.13. The molecule has 5 heteroatoms. The second-order valence-electron chi connectivity index (χ2n) is 4.20. The zero-order valence-electron chi connectivity index (χ0n) is 11.2. The molecule has 0 spiro atoms. The zero-order chi connectivity index (χ0) is 14.3. The van der Waals surface area contributed by atoms with Crippen molar-refractivity contribution in [3.63, 3.8) is 0 Å². The van der Waals surface area contributed by atoms with E-state index in [0.717, 1.165) is 6.42 Å². The lowest BCUT2D eigenvalue weighted by Gasteiger charge is -2.15. The number of benzene rings is 1. The van der Waals surface area contributed by atoms with Gasteiger partial charge in [0.1, 0.15) is 5.75 Å². The lowest BCUT2D eigenvalue weighted by atomic mass is 10.0. The van der Waals surface area contributed by atoms with Crippen LogP contribution in [0.5, 0.6) is 5.75 Å². The molecule has 0 fully saturated rings. The molecule has 0 aliphatic rings. The van der Waals surface area contributed by atoms with Crippen molar-refractivity contribution in [2.24, 2.45) is 0 Å². The van der Waals surface area contributed by atoms with Gasteiger partial charge in [0.2, 0.25) is 0 Å². The van der Waals surface area contributed by atoms with Crippen molar-refractivity contribution in [2.75, 3.05) is 13.7 Å². The predicted molar refractivity (Wildman–Crippen MR) is 71.7 cm³/mol. The van der Waals surface area contributed by atoms with Crippen molar-refractivity contribution < 1.29 is 19.4 Å². The summed E-state index contributed by atoms with van der Waals surface area (Å²) in [5, 5.41) is 11.8. The van der Waals surface area contributed by atoms with Crippen LogP contribution in [0.15, 0.2) is 24.3 Å². The summed E-state index contributed by atoms with van der Waals surface area (Å²) in [6.45, 7) is 2.57.